The van der Waals surface area contributed by atoms with E-state index in [1.165, 1.54) is 27.8 Å². The van der Waals surface area contributed by atoms with E-state index in [2.05, 4.69) is 74.5 Å². The van der Waals surface area contributed by atoms with Gasteiger partial charge in [-0.3, -0.25) is 4.79 Å². The van der Waals surface area contributed by atoms with Crippen LogP contribution in [0.25, 0.3) is 11.1 Å². The van der Waals surface area contributed by atoms with Gasteiger partial charge in [0.1, 0.15) is 5.41 Å². The number of hydrogen-bond acceptors (Lipinski definition) is 1. The van der Waals surface area contributed by atoms with Crippen molar-refractivity contribution < 1.29 is 4.79 Å². The van der Waals surface area contributed by atoms with Gasteiger partial charge in [0.15, 0.2) is 0 Å². The third-order valence-corrected chi connectivity index (χ3v) is 6.04. The molecule has 2 aliphatic rings. The molecule has 0 N–H and O–H groups in total. The molecule has 2 heteroatoms. The van der Waals surface area contributed by atoms with Gasteiger partial charge < -0.3 is 4.90 Å². The smallest absolute Gasteiger partial charge is 0.242 e. The second kappa shape index (κ2) is 5.07. The lowest BCUT2D eigenvalue weighted by atomic mass is 9.64. The molecule has 0 radical (unpaired) electrons. The highest BCUT2D eigenvalue weighted by Gasteiger charge is 2.53. The molecule has 1 aliphatic carbocycles. The Morgan fingerprint density at radius 1 is 0.846 bits per heavy atom. The van der Waals surface area contributed by atoms with E-state index < -0.39 is 5.41 Å². The molecule has 128 valence electrons. The predicted octanol–water partition coefficient (Wildman–Crippen LogP) is 4.79. The first-order chi connectivity index (χ1) is 12.5. The molecule has 1 aliphatic heterocycles. The summed E-state index contributed by atoms with van der Waals surface area (Å²) in [6.07, 6.45) is 0.721. The first-order valence-electron chi connectivity index (χ1n) is 9.11. The molecule has 1 amide bonds. The maximum atomic E-state index is 13.6. The first-order valence-corrected chi connectivity index (χ1v) is 9.11. The summed E-state index contributed by atoms with van der Waals surface area (Å²) in [5, 5.41) is 0. The van der Waals surface area contributed by atoms with Crippen molar-refractivity contribution in [3.05, 3.63) is 88.5 Å². The molecule has 1 atom stereocenters. The summed E-state index contributed by atoms with van der Waals surface area (Å²) in [5.41, 5.74) is 8.85. The average Bonchev–Trinajstić information content (AvgIpc) is 2.85. The van der Waals surface area contributed by atoms with E-state index in [1.807, 2.05) is 11.9 Å². The van der Waals surface area contributed by atoms with Crippen LogP contribution >= 0.6 is 0 Å². The number of amides is 1. The number of nitrogens with zero attached hydrogens (tertiary/aromatic N) is 1. The molecule has 0 aromatic heterocycles. The lowest BCUT2D eigenvalue weighted by Crippen LogP contribution is -2.43. The zero-order chi connectivity index (χ0) is 18.1. The van der Waals surface area contributed by atoms with Gasteiger partial charge in [-0.2, -0.15) is 0 Å². The van der Waals surface area contributed by atoms with Crippen molar-refractivity contribution in [1.82, 2.24) is 0 Å². The van der Waals surface area contributed by atoms with Gasteiger partial charge in [0, 0.05) is 12.7 Å². The molecule has 0 fully saturated rings. The normalized spacial score (nSPS) is 20.1. The lowest BCUT2D eigenvalue weighted by Gasteiger charge is -2.36. The van der Waals surface area contributed by atoms with Crippen molar-refractivity contribution in [3.63, 3.8) is 0 Å². The highest BCUT2D eigenvalue weighted by atomic mass is 16.2. The molecule has 3 aromatic rings. The van der Waals surface area contributed by atoms with Crippen LogP contribution in [0, 0.1) is 13.8 Å². The van der Waals surface area contributed by atoms with Gasteiger partial charge in [-0.15, -0.1) is 0 Å². The number of fused-ring (bicyclic) bond motifs is 6. The Labute approximate surface area is 154 Å². The number of carbonyl (C=O) groups excluding carboxylic acids is 1. The molecule has 1 heterocycles. The molecule has 0 saturated heterocycles. The van der Waals surface area contributed by atoms with E-state index in [4.69, 9.17) is 0 Å². The Balaban J connectivity index is 1.89. The number of rotatable bonds is 0. The van der Waals surface area contributed by atoms with E-state index in [1.54, 1.807) is 0 Å². The van der Waals surface area contributed by atoms with Crippen LogP contribution in [0.4, 0.5) is 5.69 Å². The molecule has 5 rings (SSSR count). The number of benzene rings is 3. The fourth-order valence-corrected chi connectivity index (χ4v) is 4.79. The number of carbonyl (C=O) groups is 1. The van der Waals surface area contributed by atoms with E-state index in [9.17, 15) is 4.79 Å². The molecule has 2 nitrogen and oxygen atoms in total. The van der Waals surface area contributed by atoms with Crippen LogP contribution in [-0.2, 0) is 16.6 Å². The SMILES string of the molecule is Cc1ccc2c(c1)-c1ccccc1C1(C2)C(=O)N(C)c2ccc(C)cc21. The standard InChI is InChI=1S/C24H21NO/c1-15-8-10-17-14-24(20-7-5-4-6-18(20)19(17)12-15)21-13-16(2)9-11-22(21)25(3)23(24)26/h4-13H,14H2,1-3H3. The molecule has 0 saturated carbocycles. The first kappa shape index (κ1) is 15.4. The minimum Gasteiger partial charge on any atom is -0.314 e. The summed E-state index contributed by atoms with van der Waals surface area (Å²) in [5.74, 6) is 0.178. The maximum absolute atomic E-state index is 13.6. The van der Waals surface area contributed by atoms with Crippen LogP contribution in [0.2, 0.25) is 0 Å². The van der Waals surface area contributed by atoms with Crippen molar-refractivity contribution >= 4 is 11.6 Å². The highest BCUT2D eigenvalue weighted by Crippen LogP contribution is 2.53. The van der Waals surface area contributed by atoms with Gasteiger partial charge in [0.2, 0.25) is 5.91 Å². The summed E-state index contributed by atoms with van der Waals surface area (Å²) in [4.78, 5) is 15.5. The Kier molecular flexibility index (Phi) is 3.00. The molecule has 26 heavy (non-hydrogen) atoms. The van der Waals surface area contributed by atoms with Crippen LogP contribution in [0.1, 0.15) is 27.8 Å². The van der Waals surface area contributed by atoms with Crippen molar-refractivity contribution in [2.75, 3.05) is 11.9 Å². The topological polar surface area (TPSA) is 20.3 Å². The summed E-state index contributed by atoms with van der Waals surface area (Å²) in [6, 6.07) is 21.4. The fraction of sp³-hybridized carbons (Fsp3) is 0.208. The number of hydrogen-bond donors (Lipinski definition) is 0. The van der Waals surface area contributed by atoms with E-state index in [0.29, 0.717) is 0 Å². The molecular weight excluding hydrogens is 318 g/mol. The Bertz CT molecular complexity index is 1080. The molecule has 1 unspecified atom stereocenters. The van der Waals surface area contributed by atoms with Crippen molar-refractivity contribution in [2.24, 2.45) is 0 Å². The largest absolute Gasteiger partial charge is 0.314 e. The number of likely N-dealkylation sites (N-methyl/N-ethyl adjacent to an activating group) is 1. The van der Waals surface area contributed by atoms with Crippen LogP contribution in [0.5, 0.6) is 0 Å². The van der Waals surface area contributed by atoms with Crippen molar-refractivity contribution in [2.45, 2.75) is 25.7 Å². The van der Waals surface area contributed by atoms with Crippen molar-refractivity contribution in [3.8, 4) is 11.1 Å². The summed E-state index contributed by atoms with van der Waals surface area (Å²) in [7, 11) is 1.90. The predicted molar refractivity (Wildman–Crippen MR) is 106 cm³/mol. The van der Waals surface area contributed by atoms with Gasteiger partial charge in [-0.05, 0) is 54.2 Å². The quantitative estimate of drug-likeness (QED) is 0.577. The van der Waals surface area contributed by atoms with Crippen molar-refractivity contribution in [1.29, 1.82) is 0 Å². The average molecular weight is 339 g/mol. The molecule has 0 bridgehead atoms. The van der Waals surface area contributed by atoms with Crippen LogP contribution in [0.3, 0.4) is 0 Å². The van der Waals surface area contributed by atoms with Gasteiger partial charge in [-0.1, -0.05) is 65.7 Å². The number of aryl methyl sites for hydroxylation is 2. The molecular formula is C24H21NO. The second-order valence-corrected chi connectivity index (χ2v) is 7.67. The number of anilines is 1. The van der Waals surface area contributed by atoms with E-state index in [0.717, 1.165) is 23.2 Å². The highest BCUT2D eigenvalue weighted by molar-refractivity contribution is 6.12. The third kappa shape index (κ3) is 1.79. The summed E-state index contributed by atoms with van der Waals surface area (Å²) in [6.45, 7) is 4.23. The Hall–Kier alpha value is -2.87. The van der Waals surface area contributed by atoms with E-state index >= 15 is 0 Å². The Morgan fingerprint density at radius 3 is 2.42 bits per heavy atom. The minimum atomic E-state index is -0.616. The minimum absolute atomic E-state index is 0.178. The zero-order valence-corrected chi connectivity index (χ0v) is 15.3. The lowest BCUT2D eigenvalue weighted by molar-refractivity contribution is -0.121. The Morgan fingerprint density at radius 2 is 1.58 bits per heavy atom. The van der Waals surface area contributed by atoms with Gasteiger partial charge in [0.05, 0.1) is 0 Å². The molecule has 1 spiro atoms. The molecule has 3 aromatic carbocycles. The van der Waals surface area contributed by atoms with E-state index in [-0.39, 0.29) is 5.91 Å². The van der Waals surface area contributed by atoms with Crippen LogP contribution in [-0.4, -0.2) is 13.0 Å². The van der Waals surface area contributed by atoms with Crippen LogP contribution < -0.4 is 4.90 Å². The van der Waals surface area contributed by atoms with Gasteiger partial charge >= 0.3 is 0 Å². The third-order valence-electron chi connectivity index (χ3n) is 6.04. The fourth-order valence-electron chi connectivity index (χ4n) is 4.79. The summed E-state index contributed by atoms with van der Waals surface area (Å²) >= 11 is 0. The van der Waals surface area contributed by atoms with Crippen LogP contribution in [0.15, 0.2) is 60.7 Å². The second-order valence-electron chi connectivity index (χ2n) is 7.67. The van der Waals surface area contributed by atoms with Gasteiger partial charge in [0.25, 0.3) is 0 Å². The summed E-state index contributed by atoms with van der Waals surface area (Å²) < 4.78 is 0. The monoisotopic (exact) mass is 339 g/mol. The zero-order valence-electron chi connectivity index (χ0n) is 15.3. The maximum Gasteiger partial charge on any atom is 0.242 e. The van der Waals surface area contributed by atoms with Gasteiger partial charge in [-0.25, -0.2) is 0 Å².